The summed E-state index contributed by atoms with van der Waals surface area (Å²) in [5.74, 6) is 2.10. The van der Waals surface area contributed by atoms with Gasteiger partial charge in [-0.2, -0.15) is 0 Å². The normalized spacial score (nSPS) is 22.5. The lowest BCUT2D eigenvalue weighted by Crippen LogP contribution is -2.44. The smallest absolute Gasteiger partial charge is 0.152 e. The van der Waals surface area contributed by atoms with Crippen molar-refractivity contribution in [2.24, 2.45) is 5.73 Å². The minimum atomic E-state index is -2.85. The van der Waals surface area contributed by atoms with Gasteiger partial charge in [-0.05, 0) is 19.1 Å². The number of nitrogens with zero attached hydrogens (tertiary/aromatic N) is 1. The first-order chi connectivity index (χ1) is 8.02. The number of nitrogens with two attached hydrogens (primary N) is 1. The molecule has 1 aliphatic heterocycles. The fourth-order valence-electron chi connectivity index (χ4n) is 2.12. The second-order valence-corrected chi connectivity index (χ2v) is 6.69. The Morgan fingerprint density at radius 1 is 1.41 bits per heavy atom. The molecule has 96 valence electrons. The Morgan fingerprint density at radius 3 is 2.53 bits per heavy atom. The lowest BCUT2D eigenvalue weighted by molar-refractivity contribution is 0.192. The predicted octanol–water partition coefficient (Wildman–Crippen LogP) is 0.318. The number of sulfone groups is 1. The van der Waals surface area contributed by atoms with E-state index in [2.05, 4.69) is 4.90 Å². The Bertz CT molecular complexity index is 467. The third kappa shape index (κ3) is 2.88. The highest BCUT2D eigenvalue weighted by molar-refractivity contribution is 7.91. The Kier molecular flexibility index (Phi) is 3.56. The van der Waals surface area contributed by atoms with Crippen molar-refractivity contribution >= 4 is 9.84 Å². The van der Waals surface area contributed by atoms with Crippen LogP contribution in [0.2, 0.25) is 0 Å². The average molecular weight is 258 g/mol. The first kappa shape index (κ1) is 12.6. The van der Waals surface area contributed by atoms with Gasteiger partial charge < -0.3 is 10.2 Å². The van der Waals surface area contributed by atoms with Gasteiger partial charge in [-0.3, -0.25) is 4.90 Å². The third-order valence-corrected chi connectivity index (χ3v) is 4.74. The summed E-state index contributed by atoms with van der Waals surface area (Å²) >= 11 is 0. The molecule has 0 radical (unpaired) electrons. The lowest BCUT2D eigenvalue weighted by Gasteiger charge is -2.32. The van der Waals surface area contributed by atoms with E-state index in [1.807, 2.05) is 19.1 Å². The van der Waals surface area contributed by atoms with E-state index < -0.39 is 9.84 Å². The van der Waals surface area contributed by atoms with Crippen molar-refractivity contribution in [2.75, 3.05) is 31.1 Å². The first-order valence-corrected chi connectivity index (χ1v) is 7.55. The summed E-state index contributed by atoms with van der Waals surface area (Å²) < 4.78 is 28.3. The predicted molar refractivity (Wildman–Crippen MR) is 65.5 cm³/mol. The van der Waals surface area contributed by atoms with E-state index >= 15 is 0 Å². The lowest BCUT2D eigenvalue weighted by atomic mass is 10.2. The molecule has 1 aliphatic rings. The molecule has 0 saturated carbocycles. The van der Waals surface area contributed by atoms with Gasteiger partial charge in [0.15, 0.2) is 9.84 Å². The number of rotatable bonds is 3. The molecule has 1 fully saturated rings. The van der Waals surface area contributed by atoms with Crippen LogP contribution in [0.3, 0.4) is 0 Å². The van der Waals surface area contributed by atoms with Gasteiger partial charge in [0.05, 0.1) is 17.5 Å². The zero-order valence-electron chi connectivity index (χ0n) is 9.93. The summed E-state index contributed by atoms with van der Waals surface area (Å²) in [6.07, 6.45) is 0. The molecule has 0 aromatic carbocycles. The highest BCUT2D eigenvalue weighted by atomic mass is 32.2. The molecule has 0 amide bonds. The molecule has 6 heteroatoms. The maximum atomic E-state index is 11.4. The highest BCUT2D eigenvalue weighted by Crippen LogP contribution is 2.23. The van der Waals surface area contributed by atoms with Crippen molar-refractivity contribution in [3.05, 3.63) is 23.7 Å². The Morgan fingerprint density at radius 2 is 2.06 bits per heavy atom. The average Bonchev–Trinajstić information content (AvgIpc) is 2.68. The zero-order chi connectivity index (χ0) is 12.5. The van der Waals surface area contributed by atoms with Gasteiger partial charge >= 0.3 is 0 Å². The fourth-order valence-corrected chi connectivity index (χ4v) is 3.35. The van der Waals surface area contributed by atoms with Crippen LogP contribution in [0.15, 0.2) is 16.5 Å². The van der Waals surface area contributed by atoms with Gasteiger partial charge in [0.1, 0.15) is 11.5 Å². The second-order valence-electron chi connectivity index (χ2n) is 4.39. The summed E-state index contributed by atoms with van der Waals surface area (Å²) in [6.45, 7) is 3.39. The largest absolute Gasteiger partial charge is 0.465 e. The van der Waals surface area contributed by atoms with Crippen molar-refractivity contribution < 1.29 is 12.8 Å². The SMILES string of the molecule is Cc1ccc(C(CN)N2CCS(=O)(=O)CC2)o1. The zero-order valence-corrected chi connectivity index (χ0v) is 10.7. The maximum absolute atomic E-state index is 11.4. The number of hydrogen-bond donors (Lipinski definition) is 1. The molecule has 1 atom stereocenters. The molecule has 0 bridgehead atoms. The van der Waals surface area contributed by atoms with Crippen molar-refractivity contribution in [2.45, 2.75) is 13.0 Å². The van der Waals surface area contributed by atoms with Crippen LogP contribution in [0.5, 0.6) is 0 Å². The van der Waals surface area contributed by atoms with Crippen LogP contribution >= 0.6 is 0 Å². The van der Waals surface area contributed by atoms with E-state index in [0.29, 0.717) is 19.6 Å². The Balaban J connectivity index is 2.10. The van der Waals surface area contributed by atoms with Crippen LogP contribution in [-0.2, 0) is 9.84 Å². The van der Waals surface area contributed by atoms with Crippen molar-refractivity contribution in [3.63, 3.8) is 0 Å². The minimum absolute atomic E-state index is 0.0146. The van der Waals surface area contributed by atoms with Crippen molar-refractivity contribution in [3.8, 4) is 0 Å². The van der Waals surface area contributed by atoms with Crippen LogP contribution in [0.4, 0.5) is 0 Å². The molecule has 1 aromatic rings. The van der Waals surface area contributed by atoms with E-state index in [9.17, 15) is 8.42 Å². The molecule has 2 rings (SSSR count). The third-order valence-electron chi connectivity index (χ3n) is 3.13. The molecule has 5 nitrogen and oxygen atoms in total. The number of furan rings is 1. The van der Waals surface area contributed by atoms with E-state index in [4.69, 9.17) is 10.2 Å². The Hall–Kier alpha value is -0.850. The van der Waals surface area contributed by atoms with Crippen molar-refractivity contribution in [1.82, 2.24) is 4.90 Å². The maximum Gasteiger partial charge on any atom is 0.152 e. The van der Waals surface area contributed by atoms with E-state index in [-0.39, 0.29) is 17.5 Å². The fraction of sp³-hybridized carbons (Fsp3) is 0.636. The molecular formula is C11H18N2O3S. The van der Waals surface area contributed by atoms with E-state index in [0.717, 1.165) is 11.5 Å². The van der Waals surface area contributed by atoms with Crippen LogP contribution in [0, 0.1) is 6.92 Å². The standard InChI is InChI=1S/C11H18N2O3S/c1-9-2-3-11(16-9)10(8-12)13-4-6-17(14,15)7-5-13/h2-3,10H,4-8,12H2,1H3. The van der Waals surface area contributed by atoms with Crippen LogP contribution in [-0.4, -0.2) is 44.5 Å². The second kappa shape index (κ2) is 4.80. The molecule has 17 heavy (non-hydrogen) atoms. The van der Waals surface area contributed by atoms with Crippen LogP contribution in [0.1, 0.15) is 17.6 Å². The highest BCUT2D eigenvalue weighted by Gasteiger charge is 2.28. The topological polar surface area (TPSA) is 76.5 Å². The Labute approximate surface area is 101 Å². The van der Waals surface area contributed by atoms with Crippen LogP contribution < -0.4 is 5.73 Å². The number of hydrogen-bond acceptors (Lipinski definition) is 5. The molecule has 1 saturated heterocycles. The first-order valence-electron chi connectivity index (χ1n) is 5.73. The summed E-state index contributed by atoms with van der Waals surface area (Å²) in [7, 11) is -2.85. The molecule has 1 aromatic heterocycles. The van der Waals surface area contributed by atoms with Gasteiger partial charge in [0, 0.05) is 19.6 Å². The summed E-state index contributed by atoms with van der Waals surface area (Å²) in [4.78, 5) is 2.08. The van der Waals surface area contributed by atoms with E-state index in [1.54, 1.807) is 0 Å². The molecular weight excluding hydrogens is 240 g/mol. The summed E-state index contributed by atoms with van der Waals surface area (Å²) in [5, 5.41) is 0. The summed E-state index contributed by atoms with van der Waals surface area (Å²) in [5.41, 5.74) is 5.76. The van der Waals surface area contributed by atoms with E-state index in [1.165, 1.54) is 0 Å². The number of aryl methyl sites for hydroxylation is 1. The van der Waals surface area contributed by atoms with Gasteiger partial charge in [-0.1, -0.05) is 0 Å². The van der Waals surface area contributed by atoms with Gasteiger partial charge in [-0.15, -0.1) is 0 Å². The molecule has 2 N–H and O–H groups in total. The van der Waals surface area contributed by atoms with Gasteiger partial charge in [0.2, 0.25) is 0 Å². The molecule has 1 unspecified atom stereocenters. The van der Waals surface area contributed by atoms with Crippen LogP contribution in [0.25, 0.3) is 0 Å². The minimum Gasteiger partial charge on any atom is -0.465 e. The molecule has 2 heterocycles. The van der Waals surface area contributed by atoms with Gasteiger partial charge in [-0.25, -0.2) is 8.42 Å². The van der Waals surface area contributed by atoms with Crippen molar-refractivity contribution in [1.29, 1.82) is 0 Å². The quantitative estimate of drug-likeness (QED) is 0.845. The monoisotopic (exact) mass is 258 g/mol. The molecule has 0 aliphatic carbocycles. The molecule has 0 spiro atoms. The summed E-state index contributed by atoms with van der Waals surface area (Å²) in [6, 6.07) is 3.80. The van der Waals surface area contributed by atoms with Gasteiger partial charge in [0.25, 0.3) is 0 Å².